The molecule has 1 amide bonds. The van der Waals surface area contributed by atoms with Gasteiger partial charge in [-0.2, -0.15) is 5.26 Å². The largest absolute Gasteiger partial charge is 0.322 e. The van der Waals surface area contributed by atoms with Crippen molar-refractivity contribution >= 4 is 52.2 Å². The molecule has 0 atom stereocenters. The van der Waals surface area contributed by atoms with Crippen LogP contribution < -0.4 is 5.32 Å². The average Bonchev–Trinajstić information content (AvgIpc) is 2.89. The number of amides is 1. The number of nitrogens with zero attached hydrogens (tertiary/aromatic N) is 1. The van der Waals surface area contributed by atoms with Gasteiger partial charge in [0, 0.05) is 16.6 Å². The summed E-state index contributed by atoms with van der Waals surface area (Å²) in [5, 5.41) is 12.2. The van der Waals surface area contributed by atoms with E-state index in [1.54, 1.807) is 36.4 Å². The van der Waals surface area contributed by atoms with E-state index in [0.29, 0.717) is 20.6 Å². The van der Waals surface area contributed by atoms with E-state index in [2.05, 4.69) is 5.32 Å². The molecule has 2 rings (SSSR count). The molecular formula is C14H8Cl2N2OS. The molecular weight excluding hydrogens is 315 g/mol. The second kappa shape index (κ2) is 6.58. The summed E-state index contributed by atoms with van der Waals surface area (Å²) >= 11 is 13.0. The van der Waals surface area contributed by atoms with E-state index in [-0.39, 0.29) is 5.91 Å². The van der Waals surface area contributed by atoms with Crippen molar-refractivity contribution in [2.24, 2.45) is 0 Å². The Morgan fingerprint density at radius 3 is 2.70 bits per heavy atom. The van der Waals surface area contributed by atoms with Gasteiger partial charge in [0.05, 0.1) is 10.0 Å². The van der Waals surface area contributed by atoms with Crippen LogP contribution in [0.25, 0.3) is 6.08 Å². The fourth-order valence-electron chi connectivity index (χ4n) is 1.42. The van der Waals surface area contributed by atoms with Crippen LogP contribution in [0.5, 0.6) is 0 Å². The van der Waals surface area contributed by atoms with Gasteiger partial charge >= 0.3 is 0 Å². The molecule has 0 fully saturated rings. The van der Waals surface area contributed by atoms with Crippen molar-refractivity contribution in [3.63, 3.8) is 0 Å². The number of hydrogen-bond acceptors (Lipinski definition) is 3. The average molecular weight is 323 g/mol. The zero-order chi connectivity index (χ0) is 14.5. The Bertz CT molecular complexity index is 716. The summed E-state index contributed by atoms with van der Waals surface area (Å²) in [4.78, 5) is 13.2. The number of carbonyl (C=O) groups is 1. The molecule has 0 spiro atoms. The van der Waals surface area contributed by atoms with Gasteiger partial charge in [-0.15, -0.1) is 11.3 Å². The molecule has 100 valence electrons. The number of thiophene rings is 1. The van der Waals surface area contributed by atoms with Crippen molar-refractivity contribution in [3.05, 3.63) is 56.2 Å². The number of nitrogens with one attached hydrogen (secondary N) is 1. The number of nitriles is 1. The molecule has 20 heavy (non-hydrogen) atoms. The molecule has 6 heteroatoms. The minimum Gasteiger partial charge on any atom is -0.322 e. The predicted octanol–water partition coefficient (Wildman–Crippen LogP) is 4.58. The van der Waals surface area contributed by atoms with Crippen LogP contribution in [-0.2, 0) is 4.79 Å². The molecule has 1 aromatic carbocycles. The van der Waals surface area contributed by atoms with Gasteiger partial charge in [0.1, 0.15) is 10.9 Å². The highest BCUT2D eigenvalue weighted by Gasteiger charge is 2.02. The SMILES string of the molecule is N#Cc1ccc(/C=C/C(=O)Nc2ccc(Cl)c(Cl)c2)s1. The Labute approximate surface area is 130 Å². The first-order chi connectivity index (χ1) is 9.58. The summed E-state index contributed by atoms with van der Waals surface area (Å²) in [6.45, 7) is 0. The van der Waals surface area contributed by atoms with Crippen molar-refractivity contribution in [3.8, 4) is 6.07 Å². The van der Waals surface area contributed by atoms with E-state index in [1.165, 1.54) is 17.4 Å². The standard InChI is InChI=1S/C14H8Cl2N2OS/c15-12-5-1-9(7-13(12)16)18-14(19)6-4-10-2-3-11(8-17)20-10/h1-7H,(H,18,19)/b6-4+. The van der Waals surface area contributed by atoms with Gasteiger partial charge < -0.3 is 5.32 Å². The van der Waals surface area contributed by atoms with E-state index >= 15 is 0 Å². The number of anilines is 1. The van der Waals surface area contributed by atoms with Crippen LogP contribution in [0.4, 0.5) is 5.69 Å². The lowest BCUT2D eigenvalue weighted by atomic mass is 10.3. The Kier molecular flexibility index (Phi) is 4.80. The van der Waals surface area contributed by atoms with Crippen molar-refractivity contribution in [2.45, 2.75) is 0 Å². The third kappa shape index (κ3) is 3.84. The number of carbonyl (C=O) groups excluding carboxylic acids is 1. The Morgan fingerprint density at radius 1 is 1.25 bits per heavy atom. The molecule has 0 saturated carbocycles. The highest BCUT2D eigenvalue weighted by Crippen LogP contribution is 2.25. The van der Waals surface area contributed by atoms with E-state index in [4.69, 9.17) is 28.5 Å². The third-order valence-electron chi connectivity index (χ3n) is 2.32. The van der Waals surface area contributed by atoms with Crippen LogP contribution in [0.3, 0.4) is 0 Å². The highest BCUT2D eigenvalue weighted by molar-refractivity contribution is 7.13. The minimum absolute atomic E-state index is 0.282. The van der Waals surface area contributed by atoms with Gasteiger partial charge in [-0.25, -0.2) is 0 Å². The van der Waals surface area contributed by atoms with E-state index < -0.39 is 0 Å². The summed E-state index contributed by atoms with van der Waals surface area (Å²) in [6, 6.07) is 10.4. The van der Waals surface area contributed by atoms with Gasteiger partial charge in [0.2, 0.25) is 5.91 Å². The lowest BCUT2D eigenvalue weighted by Gasteiger charge is -2.03. The molecule has 0 unspecified atom stereocenters. The van der Waals surface area contributed by atoms with Gasteiger partial charge in [0.15, 0.2) is 0 Å². The maximum Gasteiger partial charge on any atom is 0.248 e. The summed E-state index contributed by atoms with van der Waals surface area (Å²) in [6.07, 6.45) is 3.05. The van der Waals surface area contributed by atoms with Crippen molar-refractivity contribution in [1.29, 1.82) is 5.26 Å². The second-order valence-electron chi connectivity index (χ2n) is 3.77. The van der Waals surface area contributed by atoms with Crippen LogP contribution in [-0.4, -0.2) is 5.91 Å². The molecule has 1 N–H and O–H groups in total. The number of rotatable bonds is 3. The smallest absolute Gasteiger partial charge is 0.248 e. The quantitative estimate of drug-likeness (QED) is 0.841. The fourth-order valence-corrected chi connectivity index (χ4v) is 2.42. The zero-order valence-corrected chi connectivity index (χ0v) is 12.4. The first-order valence-electron chi connectivity index (χ1n) is 5.52. The Balaban J connectivity index is 2.01. The van der Waals surface area contributed by atoms with Crippen LogP contribution in [0, 0.1) is 11.3 Å². The first-order valence-corrected chi connectivity index (χ1v) is 7.10. The normalized spacial score (nSPS) is 10.4. The highest BCUT2D eigenvalue weighted by atomic mass is 35.5. The topological polar surface area (TPSA) is 52.9 Å². The molecule has 0 aliphatic rings. The third-order valence-corrected chi connectivity index (χ3v) is 4.02. The molecule has 0 bridgehead atoms. The Morgan fingerprint density at radius 2 is 2.05 bits per heavy atom. The minimum atomic E-state index is -0.282. The monoisotopic (exact) mass is 322 g/mol. The predicted molar refractivity (Wildman–Crippen MR) is 83.2 cm³/mol. The second-order valence-corrected chi connectivity index (χ2v) is 5.70. The molecule has 2 aromatic rings. The Hall–Kier alpha value is -1.80. The molecule has 3 nitrogen and oxygen atoms in total. The van der Waals surface area contributed by atoms with Gasteiger partial charge in [-0.1, -0.05) is 23.2 Å². The lowest BCUT2D eigenvalue weighted by Crippen LogP contribution is -2.07. The van der Waals surface area contributed by atoms with Gasteiger partial charge in [-0.3, -0.25) is 4.79 Å². The van der Waals surface area contributed by atoms with Crippen LogP contribution in [0.1, 0.15) is 9.75 Å². The van der Waals surface area contributed by atoms with Crippen molar-refractivity contribution < 1.29 is 4.79 Å². The lowest BCUT2D eigenvalue weighted by molar-refractivity contribution is -0.111. The van der Waals surface area contributed by atoms with Crippen molar-refractivity contribution in [1.82, 2.24) is 0 Å². The van der Waals surface area contributed by atoms with E-state index in [9.17, 15) is 4.79 Å². The zero-order valence-electron chi connectivity index (χ0n) is 10.1. The molecule has 0 aliphatic heterocycles. The maximum absolute atomic E-state index is 11.7. The van der Waals surface area contributed by atoms with Crippen LogP contribution in [0.15, 0.2) is 36.4 Å². The summed E-state index contributed by atoms with van der Waals surface area (Å²) in [5.41, 5.74) is 0.568. The number of hydrogen-bond donors (Lipinski definition) is 1. The fraction of sp³-hybridized carbons (Fsp3) is 0. The van der Waals surface area contributed by atoms with Crippen LogP contribution >= 0.6 is 34.5 Å². The van der Waals surface area contributed by atoms with E-state index in [1.807, 2.05) is 6.07 Å². The van der Waals surface area contributed by atoms with E-state index in [0.717, 1.165) is 4.88 Å². The number of halogens is 2. The summed E-state index contributed by atoms with van der Waals surface area (Å²) < 4.78 is 0. The van der Waals surface area contributed by atoms with Gasteiger partial charge in [-0.05, 0) is 36.4 Å². The summed E-state index contributed by atoms with van der Waals surface area (Å²) in [7, 11) is 0. The molecule has 1 aromatic heterocycles. The van der Waals surface area contributed by atoms with Gasteiger partial charge in [0.25, 0.3) is 0 Å². The molecule has 0 radical (unpaired) electrons. The molecule has 0 aliphatic carbocycles. The van der Waals surface area contributed by atoms with Crippen LogP contribution in [0.2, 0.25) is 10.0 Å². The van der Waals surface area contributed by atoms with Crippen molar-refractivity contribution in [2.75, 3.05) is 5.32 Å². The summed E-state index contributed by atoms with van der Waals surface area (Å²) in [5.74, 6) is -0.282. The maximum atomic E-state index is 11.7. The molecule has 1 heterocycles. The molecule has 0 saturated heterocycles. The first kappa shape index (κ1) is 14.6. The number of benzene rings is 1.